The summed E-state index contributed by atoms with van der Waals surface area (Å²) in [4.78, 5) is 12.1. The Hall–Kier alpha value is -1.78. The molecular formula is C10H8N4OSe. The summed E-state index contributed by atoms with van der Waals surface area (Å²) in [5, 5.41) is 6.38. The Balaban J connectivity index is 2.20. The number of aromatic nitrogens is 1. The molecule has 0 fully saturated rings. The number of rotatable bonds is 1. The molecule has 6 heteroatoms. The van der Waals surface area contributed by atoms with E-state index in [2.05, 4.69) is 10.5 Å². The van der Waals surface area contributed by atoms with E-state index < -0.39 is 0 Å². The maximum absolute atomic E-state index is 12.1. The van der Waals surface area contributed by atoms with Gasteiger partial charge >= 0.3 is 96.9 Å². The molecule has 1 aromatic carbocycles. The van der Waals surface area contributed by atoms with Crippen molar-refractivity contribution in [3.05, 3.63) is 47.0 Å². The fraction of sp³-hybridized carbons (Fsp3) is 0. The predicted molar refractivity (Wildman–Crippen MR) is 64.1 cm³/mol. The van der Waals surface area contributed by atoms with Crippen molar-refractivity contribution in [2.45, 2.75) is 0 Å². The summed E-state index contributed by atoms with van der Waals surface area (Å²) in [6.45, 7) is 0. The van der Waals surface area contributed by atoms with Gasteiger partial charge in [0.05, 0.1) is 0 Å². The Morgan fingerprint density at radius 3 is 2.94 bits per heavy atom. The number of hydrogen-bond donors (Lipinski definition) is 1. The second kappa shape index (κ2) is 3.66. The van der Waals surface area contributed by atoms with Crippen molar-refractivity contribution >= 4 is 30.7 Å². The Morgan fingerprint density at radius 1 is 1.31 bits per heavy atom. The second-order valence-electron chi connectivity index (χ2n) is 3.23. The van der Waals surface area contributed by atoms with Crippen LogP contribution in [0.4, 0.5) is 0 Å². The van der Waals surface area contributed by atoms with Crippen LogP contribution in [0.3, 0.4) is 0 Å². The molecule has 3 rings (SSSR count). The third-order valence-corrected chi connectivity index (χ3v) is 4.50. The summed E-state index contributed by atoms with van der Waals surface area (Å²) in [5.74, 6) is 0. The number of nitrogens with one attached hydrogen (secondary N) is 1. The van der Waals surface area contributed by atoms with E-state index in [1.165, 1.54) is 0 Å². The van der Waals surface area contributed by atoms with Crippen LogP contribution in [0.5, 0.6) is 0 Å². The van der Waals surface area contributed by atoms with Gasteiger partial charge in [-0.15, -0.1) is 0 Å². The molecule has 0 atom stereocenters. The molecule has 0 saturated heterocycles. The van der Waals surface area contributed by atoms with E-state index in [0.717, 1.165) is 9.65 Å². The average molecular weight is 279 g/mol. The first kappa shape index (κ1) is 9.45. The molecule has 0 spiro atoms. The van der Waals surface area contributed by atoms with E-state index in [9.17, 15) is 4.79 Å². The molecule has 1 aliphatic rings. The number of hydrogen-bond acceptors (Lipinski definition) is 4. The normalized spacial score (nSPS) is 14.4. The fourth-order valence-corrected chi connectivity index (χ4v) is 3.50. The molecule has 0 bridgehead atoms. The van der Waals surface area contributed by atoms with Crippen LogP contribution in [0.1, 0.15) is 0 Å². The molecule has 0 amide bonds. The minimum atomic E-state index is -0.0125. The van der Waals surface area contributed by atoms with Gasteiger partial charge in [0.1, 0.15) is 0 Å². The van der Waals surface area contributed by atoms with E-state index in [1.54, 1.807) is 27.4 Å². The van der Waals surface area contributed by atoms with E-state index in [4.69, 9.17) is 0 Å². The van der Waals surface area contributed by atoms with Gasteiger partial charge in [0.2, 0.25) is 0 Å². The van der Waals surface area contributed by atoms with Gasteiger partial charge in [-0.1, -0.05) is 0 Å². The number of hydrazone groups is 1. The number of benzene rings is 1. The molecule has 0 aliphatic carbocycles. The summed E-state index contributed by atoms with van der Waals surface area (Å²) in [6, 6.07) is 7.70. The third kappa shape index (κ3) is 1.39. The van der Waals surface area contributed by atoms with Crippen molar-refractivity contribution in [3.8, 4) is 0 Å². The molecule has 0 saturated carbocycles. The maximum atomic E-state index is 12.1. The van der Waals surface area contributed by atoms with Gasteiger partial charge in [-0.25, -0.2) is 0 Å². The van der Waals surface area contributed by atoms with Crippen molar-refractivity contribution in [3.63, 3.8) is 0 Å². The van der Waals surface area contributed by atoms with E-state index in [1.807, 2.05) is 24.3 Å². The first-order chi connectivity index (χ1) is 7.86. The number of fused-ring (bicyclic) bond motifs is 1. The summed E-state index contributed by atoms with van der Waals surface area (Å²) >= 11 is -0.0125. The average Bonchev–Trinajstić information content (AvgIpc) is 2.69. The SMILES string of the molecule is O=c1c2ccccc2[se]n1N1C=CNN=C1. The van der Waals surface area contributed by atoms with Crippen molar-refractivity contribution < 1.29 is 0 Å². The molecule has 1 aromatic heterocycles. The third-order valence-electron chi connectivity index (χ3n) is 2.24. The predicted octanol–water partition coefficient (Wildman–Crippen LogP) is 0.0142. The quantitative estimate of drug-likeness (QED) is 0.748. The molecule has 1 aliphatic heterocycles. The van der Waals surface area contributed by atoms with Gasteiger partial charge in [0, 0.05) is 0 Å². The monoisotopic (exact) mass is 280 g/mol. The summed E-state index contributed by atoms with van der Waals surface area (Å²) < 4.78 is 2.82. The minimum absolute atomic E-state index is 0.0125. The van der Waals surface area contributed by atoms with Gasteiger partial charge in [0.15, 0.2) is 0 Å². The molecule has 2 heterocycles. The van der Waals surface area contributed by atoms with Crippen molar-refractivity contribution in [2.24, 2.45) is 5.10 Å². The molecule has 0 unspecified atom stereocenters. The van der Waals surface area contributed by atoms with Crippen LogP contribution < -0.4 is 16.0 Å². The van der Waals surface area contributed by atoms with Gasteiger partial charge < -0.3 is 0 Å². The first-order valence-electron chi connectivity index (χ1n) is 4.71. The van der Waals surface area contributed by atoms with Crippen LogP contribution in [0.15, 0.2) is 46.6 Å². The van der Waals surface area contributed by atoms with E-state index in [-0.39, 0.29) is 20.3 Å². The first-order valence-corrected chi connectivity index (χ1v) is 6.33. The zero-order chi connectivity index (χ0) is 11.0. The molecule has 0 radical (unpaired) electrons. The van der Waals surface area contributed by atoms with Crippen LogP contribution in [-0.2, 0) is 0 Å². The van der Waals surface area contributed by atoms with Crippen molar-refractivity contribution in [1.82, 2.24) is 9.10 Å². The Bertz CT molecular complexity index is 628. The van der Waals surface area contributed by atoms with Crippen molar-refractivity contribution in [2.75, 3.05) is 5.01 Å². The second-order valence-corrected chi connectivity index (χ2v) is 5.27. The zero-order valence-corrected chi connectivity index (χ0v) is 9.91. The Kier molecular flexibility index (Phi) is 2.16. The topological polar surface area (TPSA) is 49.6 Å². The molecule has 80 valence electrons. The van der Waals surface area contributed by atoms with Crippen LogP contribution in [0, 0.1) is 0 Å². The Labute approximate surface area is 97.2 Å². The van der Waals surface area contributed by atoms with Crippen LogP contribution in [0.2, 0.25) is 0 Å². The van der Waals surface area contributed by atoms with Gasteiger partial charge in [0.25, 0.3) is 0 Å². The van der Waals surface area contributed by atoms with Crippen LogP contribution >= 0.6 is 0 Å². The van der Waals surface area contributed by atoms with Crippen LogP contribution in [0.25, 0.3) is 9.65 Å². The Morgan fingerprint density at radius 2 is 2.19 bits per heavy atom. The standard InChI is InChI=1S/C10H8N4OSe/c15-10-8-3-1-2-4-9(8)16-14(10)13-6-5-11-12-7-13/h1-7,11H. The molecule has 2 aromatic rings. The summed E-state index contributed by atoms with van der Waals surface area (Å²) in [5.41, 5.74) is 2.73. The number of nitrogens with zero attached hydrogens (tertiary/aromatic N) is 3. The summed E-state index contributed by atoms with van der Waals surface area (Å²) in [7, 11) is 0. The van der Waals surface area contributed by atoms with Gasteiger partial charge in [-0.2, -0.15) is 0 Å². The molecule has 16 heavy (non-hydrogen) atoms. The van der Waals surface area contributed by atoms with Gasteiger partial charge in [-0.3, -0.25) is 0 Å². The zero-order valence-electron chi connectivity index (χ0n) is 8.20. The molecule has 5 nitrogen and oxygen atoms in total. The summed E-state index contributed by atoms with van der Waals surface area (Å²) in [6.07, 6.45) is 5.05. The fourth-order valence-electron chi connectivity index (χ4n) is 1.50. The van der Waals surface area contributed by atoms with Gasteiger partial charge in [-0.05, 0) is 0 Å². The molecular weight excluding hydrogens is 271 g/mol. The van der Waals surface area contributed by atoms with E-state index >= 15 is 0 Å². The van der Waals surface area contributed by atoms with Crippen LogP contribution in [-0.4, -0.2) is 24.7 Å². The van der Waals surface area contributed by atoms with E-state index in [0.29, 0.717) is 0 Å². The van der Waals surface area contributed by atoms with Crippen molar-refractivity contribution in [1.29, 1.82) is 0 Å². The molecule has 1 N–H and O–H groups in total.